The summed E-state index contributed by atoms with van der Waals surface area (Å²) in [6.07, 6.45) is 8.06. The van der Waals surface area contributed by atoms with Crippen LogP contribution in [-0.2, 0) is 0 Å². The predicted molar refractivity (Wildman–Crippen MR) is 99.3 cm³/mol. The maximum atomic E-state index is 5.90. The van der Waals surface area contributed by atoms with Crippen molar-refractivity contribution in [3.63, 3.8) is 0 Å². The van der Waals surface area contributed by atoms with E-state index < -0.39 is 0 Å². The van der Waals surface area contributed by atoms with Gasteiger partial charge in [0.15, 0.2) is 0 Å². The van der Waals surface area contributed by atoms with Crippen molar-refractivity contribution in [2.24, 2.45) is 5.92 Å². The van der Waals surface area contributed by atoms with Gasteiger partial charge in [0.25, 0.3) is 0 Å². The second-order valence-electron chi connectivity index (χ2n) is 7.51. The highest BCUT2D eigenvalue weighted by Crippen LogP contribution is 2.19. The smallest absolute Gasteiger partial charge is 0.119 e. The summed E-state index contributed by atoms with van der Waals surface area (Å²) in [4.78, 5) is 2.64. The number of hydrogen-bond acceptors (Lipinski definition) is 2. The van der Waals surface area contributed by atoms with Crippen LogP contribution < -0.4 is 4.74 Å². The number of likely N-dealkylation sites (tertiary alicyclic amines) is 1. The van der Waals surface area contributed by atoms with Crippen LogP contribution in [0.15, 0.2) is 24.3 Å². The van der Waals surface area contributed by atoms with Gasteiger partial charge in [-0.25, -0.2) is 0 Å². The largest absolute Gasteiger partial charge is 0.494 e. The second kappa shape index (κ2) is 9.97. The minimum absolute atomic E-state index is 0.587. The van der Waals surface area contributed by atoms with Crippen molar-refractivity contribution in [3.8, 4) is 5.75 Å². The van der Waals surface area contributed by atoms with Crippen molar-refractivity contribution in [1.82, 2.24) is 4.90 Å². The molecule has 1 aromatic carbocycles. The molecule has 1 unspecified atom stereocenters. The average molecular weight is 318 g/mol. The number of nitrogens with zero attached hydrogens (tertiary/aromatic N) is 1. The van der Waals surface area contributed by atoms with Crippen LogP contribution in [-0.4, -0.2) is 31.1 Å². The molecule has 1 saturated heterocycles. The van der Waals surface area contributed by atoms with Crippen molar-refractivity contribution in [2.75, 3.05) is 26.2 Å². The molecule has 2 nitrogen and oxygen atoms in total. The van der Waals surface area contributed by atoms with Crippen molar-refractivity contribution < 1.29 is 4.74 Å². The van der Waals surface area contributed by atoms with Gasteiger partial charge in [-0.1, -0.05) is 39.3 Å². The molecule has 0 N–H and O–H groups in total. The lowest BCUT2D eigenvalue weighted by Crippen LogP contribution is -2.30. The van der Waals surface area contributed by atoms with E-state index in [-0.39, 0.29) is 0 Å². The number of piperidine rings is 1. The molecular weight excluding hydrogens is 282 g/mol. The minimum Gasteiger partial charge on any atom is -0.494 e. The fraction of sp³-hybridized carbons (Fsp3) is 0.714. The quantitative estimate of drug-likeness (QED) is 0.598. The summed E-state index contributed by atoms with van der Waals surface area (Å²) in [5, 5.41) is 0. The molecule has 23 heavy (non-hydrogen) atoms. The molecule has 0 bridgehead atoms. The lowest BCUT2D eigenvalue weighted by molar-refractivity contribution is 0.216. The third-order valence-corrected chi connectivity index (χ3v) is 5.05. The fourth-order valence-electron chi connectivity index (χ4n) is 3.32. The van der Waals surface area contributed by atoms with Crippen LogP contribution >= 0.6 is 0 Å². The first-order valence-corrected chi connectivity index (χ1v) is 9.60. The zero-order valence-electron chi connectivity index (χ0n) is 15.4. The Hall–Kier alpha value is -1.02. The van der Waals surface area contributed by atoms with E-state index in [0.717, 1.165) is 24.7 Å². The van der Waals surface area contributed by atoms with Crippen molar-refractivity contribution >= 4 is 0 Å². The maximum Gasteiger partial charge on any atom is 0.119 e. The molecule has 0 radical (unpaired) electrons. The first-order chi connectivity index (χ1) is 11.1. The summed E-state index contributed by atoms with van der Waals surface area (Å²) in [7, 11) is 0. The Morgan fingerprint density at radius 3 is 2.30 bits per heavy atom. The highest BCUT2D eigenvalue weighted by Gasteiger charge is 2.10. The van der Waals surface area contributed by atoms with Gasteiger partial charge in [0, 0.05) is 0 Å². The van der Waals surface area contributed by atoms with E-state index in [1.807, 2.05) is 0 Å². The Morgan fingerprint density at radius 2 is 1.65 bits per heavy atom. The van der Waals surface area contributed by atoms with E-state index in [0.29, 0.717) is 5.92 Å². The summed E-state index contributed by atoms with van der Waals surface area (Å²) in [6.45, 7) is 11.6. The minimum atomic E-state index is 0.587. The van der Waals surface area contributed by atoms with Gasteiger partial charge < -0.3 is 9.64 Å². The van der Waals surface area contributed by atoms with Gasteiger partial charge in [0.1, 0.15) is 5.75 Å². The zero-order valence-corrected chi connectivity index (χ0v) is 15.4. The Kier molecular flexibility index (Phi) is 7.94. The van der Waals surface area contributed by atoms with E-state index in [9.17, 15) is 0 Å². The van der Waals surface area contributed by atoms with E-state index in [2.05, 4.69) is 49.9 Å². The lowest BCUT2D eigenvalue weighted by atomic mass is 10.0. The standard InChI is InChI=1S/C21H35NO/c1-18(2)20-9-11-21(12-10-20)23-17-13-19(3)8-7-16-22-14-5-4-6-15-22/h9-12,18-19H,4-8,13-17H2,1-3H3. The summed E-state index contributed by atoms with van der Waals surface area (Å²) in [5.41, 5.74) is 1.38. The third-order valence-electron chi connectivity index (χ3n) is 5.05. The van der Waals surface area contributed by atoms with Gasteiger partial charge >= 0.3 is 0 Å². The molecule has 0 aliphatic carbocycles. The molecule has 2 heteroatoms. The van der Waals surface area contributed by atoms with Crippen LogP contribution in [0, 0.1) is 5.92 Å². The molecule has 1 aromatic rings. The lowest BCUT2D eigenvalue weighted by Gasteiger charge is -2.26. The topological polar surface area (TPSA) is 12.5 Å². The molecule has 1 aliphatic rings. The van der Waals surface area contributed by atoms with Gasteiger partial charge in [-0.3, -0.25) is 0 Å². The predicted octanol–water partition coefficient (Wildman–Crippen LogP) is 5.48. The van der Waals surface area contributed by atoms with E-state index in [1.54, 1.807) is 0 Å². The molecule has 0 spiro atoms. The van der Waals surface area contributed by atoms with E-state index in [4.69, 9.17) is 4.74 Å². The monoisotopic (exact) mass is 317 g/mol. The number of benzene rings is 1. The van der Waals surface area contributed by atoms with Crippen LogP contribution in [0.2, 0.25) is 0 Å². The summed E-state index contributed by atoms with van der Waals surface area (Å²) in [6, 6.07) is 8.58. The first-order valence-electron chi connectivity index (χ1n) is 9.60. The Morgan fingerprint density at radius 1 is 0.957 bits per heavy atom. The molecule has 0 aromatic heterocycles. The third kappa shape index (κ3) is 6.95. The van der Waals surface area contributed by atoms with Crippen molar-refractivity contribution in [2.45, 2.75) is 65.2 Å². The second-order valence-corrected chi connectivity index (χ2v) is 7.51. The number of hydrogen-bond donors (Lipinski definition) is 0. The molecule has 1 heterocycles. The Bertz CT molecular complexity index is 420. The van der Waals surface area contributed by atoms with Crippen LogP contribution in [0.4, 0.5) is 0 Å². The van der Waals surface area contributed by atoms with Crippen LogP contribution in [0.1, 0.15) is 70.8 Å². The number of ether oxygens (including phenoxy) is 1. The van der Waals surface area contributed by atoms with E-state index >= 15 is 0 Å². The molecule has 2 rings (SSSR count). The molecule has 130 valence electrons. The highest BCUT2D eigenvalue weighted by atomic mass is 16.5. The molecule has 0 saturated carbocycles. The summed E-state index contributed by atoms with van der Waals surface area (Å²) < 4.78 is 5.90. The fourth-order valence-corrected chi connectivity index (χ4v) is 3.32. The summed E-state index contributed by atoms with van der Waals surface area (Å²) in [5.74, 6) is 2.36. The van der Waals surface area contributed by atoms with Crippen LogP contribution in [0.25, 0.3) is 0 Å². The average Bonchev–Trinajstić information content (AvgIpc) is 2.56. The first kappa shape index (κ1) is 18.3. The Labute approximate surface area is 143 Å². The molecule has 1 aliphatic heterocycles. The van der Waals surface area contributed by atoms with Gasteiger partial charge in [-0.05, 0) is 81.3 Å². The molecule has 1 atom stereocenters. The summed E-state index contributed by atoms with van der Waals surface area (Å²) >= 11 is 0. The van der Waals surface area contributed by atoms with Crippen molar-refractivity contribution in [1.29, 1.82) is 0 Å². The van der Waals surface area contributed by atoms with Gasteiger partial charge in [-0.15, -0.1) is 0 Å². The van der Waals surface area contributed by atoms with Crippen molar-refractivity contribution in [3.05, 3.63) is 29.8 Å². The number of rotatable bonds is 9. The van der Waals surface area contributed by atoms with Crippen LogP contribution in [0.5, 0.6) is 5.75 Å². The SMILES string of the molecule is CC(CCCN1CCCCC1)CCOc1ccc(C(C)C)cc1. The van der Waals surface area contributed by atoms with Crippen LogP contribution in [0.3, 0.4) is 0 Å². The van der Waals surface area contributed by atoms with Gasteiger partial charge in [0.05, 0.1) is 6.61 Å². The molecule has 0 amide bonds. The van der Waals surface area contributed by atoms with Gasteiger partial charge in [0.2, 0.25) is 0 Å². The normalized spacial score (nSPS) is 17.4. The highest BCUT2D eigenvalue weighted by molar-refractivity contribution is 5.28. The Balaban J connectivity index is 1.56. The maximum absolute atomic E-state index is 5.90. The molecule has 1 fully saturated rings. The van der Waals surface area contributed by atoms with E-state index in [1.165, 1.54) is 57.3 Å². The van der Waals surface area contributed by atoms with Gasteiger partial charge in [-0.2, -0.15) is 0 Å². The zero-order chi connectivity index (χ0) is 16.5. The molecular formula is C21H35NO.